The molecule has 5 heteroatoms. The highest BCUT2D eigenvalue weighted by Gasteiger charge is 2.19. The van der Waals surface area contributed by atoms with Gasteiger partial charge in [-0.25, -0.2) is 0 Å². The van der Waals surface area contributed by atoms with Crippen LogP contribution in [0.3, 0.4) is 0 Å². The molecular formula is C12H18N2O3. The first kappa shape index (κ1) is 13.4. The van der Waals surface area contributed by atoms with Crippen LogP contribution in [0.2, 0.25) is 0 Å². The maximum absolute atomic E-state index is 11.8. The second-order valence-corrected chi connectivity index (χ2v) is 4.24. The van der Waals surface area contributed by atoms with Crippen molar-refractivity contribution >= 4 is 11.7 Å². The van der Waals surface area contributed by atoms with E-state index in [-0.39, 0.29) is 18.2 Å². The Morgan fingerprint density at radius 3 is 2.41 bits per heavy atom. The van der Waals surface area contributed by atoms with Gasteiger partial charge in [0.05, 0.1) is 6.10 Å². The second kappa shape index (κ2) is 5.14. The van der Waals surface area contributed by atoms with Gasteiger partial charge in [0, 0.05) is 17.8 Å². The summed E-state index contributed by atoms with van der Waals surface area (Å²) in [6.07, 6.45) is -0.595. The molecule has 5 nitrogen and oxygen atoms in total. The van der Waals surface area contributed by atoms with Crippen molar-refractivity contribution < 1.29 is 14.7 Å². The predicted molar refractivity (Wildman–Crippen MR) is 64.3 cm³/mol. The number of aromatic amines is 1. The van der Waals surface area contributed by atoms with Crippen LogP contribution in [0.1, 0.15) is 46.0 Å². The van der Waals surface area contributed by atoms with E-state index in [1.807, 2.05) is 0 Å². The number of aryl methyl sites for hydroxylation is 1. The lowest BCUT2D eigenvalue weighted by molar-refractivity contribution is 0.0919. The molecule has 0 spiro atoms. The molecule has 1 aromatic rings. The van der Waals surface area contributed by atoms with E-state index in [9.17, 15) is 9.59 Å². The standard InChI is InChI=1S/C12H18N2O3/c1-6(15)5-13-12(17)11-7(2)10(9(4)16)8(3)14-11/h6,14-15H,5H2,1-4H3,(H,13,17). The zero-order chi connectivity index (χ0) is 13.2. The molecular weight excluding hydrogens is 220 g/mol. The summed E-state index contributed by atoms with van der Waals surface area (Å²) in [6, 6.07) is 0. The highest BCUT2D eigenvalue weighted by molar-refractivity contribution is 6.02. The Morgan fingerprint density at radius 1 is 1.41 bits per heavy atom. The molecule has 1 heterocycles. The lowest BCUT2D eigenvalue weighted by Gasteiger charge is -2.06. The van der Waals surface area contributed by atoms with E-state index in [0.29, 0.717) is 22.5 Å². The van der Waals surface area contributed by atoms with Crippen molar-refractivity contribution in [3.63, 3.8) is 0 Å². The fourth-order valence-electron chi connectivity index (χ4n) is 1.83. The van der Waals surface area contributed by atoms with Crippen molar-refractivity contribution in [3.05, 3.63) is 22.5 Å². The van der Waals surface area contributed by atoms with Crippen LogP contribution in [-0.4, -0.2) is 34.4 Å². The Kier molecular flexibility index (Phi) is 4.07. The zero-order valence-electron chi connectivity index (χ0n) is 10.5. The van der Waals surface area contributed by atoms with Crippen LogP contribution in [0.15, 0.2) is 0 Å². The topological polar surface area (TPSA) is 82.2 Å². The summed E-state index contributed by atoms with van der Waals surface area (Å²) in [4.78, 5) is 26.1. The van der Waals surface area contributed by atoms with Crippen molar-refractivity contribution in [2.75, 3.05) is 6.54 Å². The third-order valence-electron chi connectivity index (χ3n) is 2.57. The Morgan fingerprint density at radius 2 is 2.00 bits per heavy atom. The summed E-state index contributed by atoms with van der Waals surface area (Å²) in [6.45, 7) is 6.74. The minimum atomic E-state index is -0.595. The number of H-pyrrole nitrogens is 1. The van der Waals surface area contributed by atoms with E-state index >= 15 is 0 Å². The molecule has 94 valence electrons. The van der Waals surface area contributed by atoms with Gasteiger partial charge in [-0.3, -0.25) is 9.59 Å². The summed E-state index contributed by atoms with van der Waals surface area (Å²) in [5.41, 5.74) is 2.29. The average Bonchev–Trinajstić information content (AvgIpc) is 2.50. The van der Waals surface area contributed by atoms with Crippen molar-refractivity contribution in [2.24, 2.45) is 0 Å². The average molecular weight is 238 g/mol. The highest BCUT2D eigenvalue weighted by atomic mass is 16.3. The minimum Gasteiger partial charge on any atom is -0.392 e. The molecule has 0 saturated heterocycles. The lowest BCUT2D eigenvalue weighted by Crippen LogP contribution is -2.31. The first-order valence-electron chi connectivity index (χ1n) is 5.51. The van der Waals surface area contributed by atoms with Crippen LogP contribution in [-0.2, 0) is 0 Å². The Balaban J connectivity index is 2.96. The number of hydrogen-bond acceptors (Lipinski definition) is 3. The van der Waals surface area contributed by atoms with E-state index in [2.05, 4.69) is 10.3 Å². The zero-order valence-corrected chi connectivity index (χ0v) is 10.5. The number of Topliss-reactive ketones (excluding diaryl/α,β-unsaturated/α-hetero) is 1. The van der Waals surface area contributed by atoms with E-state index < -0.39 is 6.10 Å². The summed E-state index contributed by atoms with van der Waals surface area (Å²) < 4.78 is 0. The lowest BCUT2D eigenvalue weighted by atomic mass is 10.1. The van der Waals surface area contributed by atoms with E-state index in [1.54, 1.807) is 20.8 Å². The van der Waals surface area contributed by atoms with Gasteiger partial charge in [-0.1, -0.05) is 0 Å². The van der Waals surface area contributed by atoms with Gasteiger partial charge in [0.25, 0.3) is 5.91 Å². The van der Waals surface area contributed by atoms with Crippen LogP contribution in [0.4, 0.5) is 0 Å². The number of nitrogens with one attached hydrogen (secondary N) is 2. The number of ketones is 1. The van der Waals surface area contributed by atoms with Crippen LogP contribution < -0.4 is 5.32 Å². The van der Waals surface area contributed by atoms with Crippen LogP contribution in [0.5, 0.6) is 0 Å². The summed E-state index contributed by atoms with van der Waals surface area (Å²) in [5.74, 6) is -0.371. The molecule has 17 heavy (non-hydrogen) atoms. The number of amides is 1. The Labute approximate surface area is 100 Å². The highest BCUT2D eigenvalue weighted by Crippen LogP contribution is 2.18. The Hall–Kier alpha value is -1.62. The van der Waals surface area contributed by atoms with E-state index in [0.717, 1.165) is 0 Å². The number of rotatable bonds is 4. The van der Waals surface area contributed by atoms with E-state index in [4.69, 9.17) is 5.11 Å². The van der Waals surface area contributed by atoms with Crippen LogP contribution in [0, 0.1) is 13.8 Å². The molecule has 1 atom stereocenters. The molecule has 1 rings (SSSR count). The Bertz CT molecular complexity index is 447. The maximum atomic E-state index is 11.8. The largest absolute Gasteiger partial charge is 0.392 e. The normalized spacial score (nSPS) is 12.3. The molecule has 0 radical (unpaired) electrons. The van der Waals surface area contributed by atoms with Gasteiger partial charge >= 0.3 is 0 Å². The van der Waals surface area contributed by atoms with Crippen molar-refractivity contribution in [1.29, 1.82) is 0 Å². The molecule has 3 N–H and O–H groups in total. The maximum Gasteiger partial charge on any atom is 0.268 e. The molecule has 0 fully saturated rings. The molecule has 0 saturated carbocycles. The van der Waals surface area contributed by atoms with Gasteiger partial charge in [0.15, 0.2) is 5.78 Å². The first-order valence-corrected chi connectivity index (χ1v) is 5.51. The summed E-state index contributed by atoms with van der Waals surface area (Å²) in [7, 11) is 0. The molecule has 0 bridgehead atoms. The smallest absolute Gasteiger partial charge is 0.268 e. The third kappa shape index (κ3) is 2.94. The predicted octanol–water partition coefficient (Wildman–Crippen LogP) is 0.945. The molecule has 1 aromatic heterocycles. The molecule has 0 aromatic carbocycles. The van der Waals surface area contributed by atoms with Gasteiger partial charge in [-0.05, 0) is 33.3 Å². The van der Waals surface area contributed by atoms with Gasteiger partial charge in [-0.15, -0.1) is 0 Å². The monoisotopic (exact) mass is 238 g/mol. The fourth-order valence-corrected chi connectivity index (χ4v) is 1.83. The van der Waals surface area contributed by atoms with Crippen molar-refractivity contribution in [3.8, 4) is 0 Å². The quantitative estimate of drug-likeness (QED) is 0.683. The number of aliphatic hydroxyl groups is 1. The van der Waals surface area contributed by atoms with Crippen LogP contribution >= 0.6 is 0 Å². The van der Waals surface area contributed by atoms with Gasteiger partial charge in [-0.2, -0.15) is 0 Å². The minimum absolute atomic E-state index is 0.0640. The summed E-state index contributed by atoms with van der Waals surface area (Å²) in [5, 5.41) is 11.7. The second-order valence-electron chi connectivity index (χ2n) is 4.24. The van der Waals surface area contributed by atoms with Crippen molar-refractivity contribution in [2.45, 2.75) is 33.8 Å². The number of hydrogen-bond donors (Lipinski definition) is 3. The number of carbonyl (C=O) groups excluding carboxylic acids is 2. The van der Waals surface area contributed by atoms with Crippen LogP contribution in [0.25, 0.3) is 0 Å². The van der Waals surface area contributed by atoms with E-state index in [1.165, 1.54) is 6.92 Å². The molecule has 1 unspecified atom stereocenters. The molecule has 0 aliphatic carbocycles. The third-order valence-corrected chi connectivity index (χ3v) is 2.57. The fraction of sp³-hybridized carbons (Fsp3) is 0.500. The summed E-state index contributed by atoms with van der Waals surface area (Å²) >= 11 is 0. The number of carbonyl (C=O) groups is 2. The van der Waals surface area contributed by atoms with Crippen molar-refractivity contribution in [1.82, 2.24) is 10.3 Å². The molecule has 0 aliphatic rings. The SMILES string of the molecule is CC(=O)c1c(C)[nH]c(C(=O)NCC(C)O)c1C. The number of aromatic nitrogens is 1. The molecule has 1 amide bonds. The van der Waals surface area contributed by atoms with Gasteiger partial charge in [0.1, 0.15) is 5.69 Å². The van der Waals surface area contributed by atoms with Gasteiger partial charge < -0.3 is 15.4 Å². The van der Waals surface area contributed by atoms with Gasteiger partial charge in [0.2, 0.25) is 0 Å². The molecule has 0 aliphatic heterocycles. The number of aliphatic hydroxyl groups excluding tert-OH is 1. The first-order chi connectivity index (χ1) is 7.84.